The summed E-state index contributed by atoms with van der Waals surface area (Å²) in [5.74, 6) is 1.25. The van der Waals surface area contributed by atoms with Crippen LogP contribution >= 0.6 is 10.0 Å². The lowest BCUT2D eigenvalue weighted by molar-refractivity contribution is 0.255. The molecule has 0 saturated heterocycles. The molecule has 0 aromatic rings. The van der Waals surface area contributed by atoms with E-state index in [0.717, 1.165) is 6.42 Å². The summed E-state index contributed by atoms with van der Waals surface area (Å²) >= 11 is 0. The van der Waals surface area contributed by atoms with Gasteiger partial charge in [0.2, 0.25) is 0 Å². The minimum absolute atomic E-state index is 0.0490. The van der Waals surface area contributed by atoms with Gasteiger partial charge in [-0.25, -0.2) is 10.0 Å². The molecule has 2 heteroatoms. The first kappa shape index (κ1) is 17.3. The van der Waals surface area contributed by atoms with Crippen LogP contribution in [-0.4, -0.2) is 28.8 Å². The van der Waals surface area contributed by atoms with Gasteiger partial charge in [-0.1, -0.05) is 58.8 Å². The van der Waals surface area contributed by atoms with Crippen LogP contribution in [0.25, 0.3) is 0 Å². The fourth-order valence-corrected chi connectivity index (χ4v) is 4.32. The van der Waals surface area contributed by atoms with Crippen molar-refractivity contribution in [3.05, 3.63) is 0 Å². The minimum atomic E-state index is -0.756. The Morgan fingerprint density at radius 3 is 1.76 bits per heavy atom. The maximum Gasteiger partial charge on any atom is 0.0836 e. The number of hydrogen-bond donors (Lipinski definition) is 1. The summed E-state index contributed by atoms with van der Waals surface area (Å²) in [4.78, 5) is 0. The summed E-state index contributed by atoms with van der Waals surface area (Å²) in [6.45, 7) is 4.36. The Morgan fingerprint density at radius 1 is 0.824 bits per heavy atom. The van der Waals surface area contributed by atoms with Gasteiger partial charge in [-0.15, -0.1) is 0 Å². The lowest BCUT2D eigenvalue weighted by atomic mass is 10.1. The molecule has 1 unspecified atom stereocenters. The zero-order valence-corrected chi connectivity index (χ0v) is 13.3. The lowest BCUT2D eigenvalue weighted by Crippen LogP contribution is -2.17. The third kappa shape index (κ3) is 8.96. The van der Waals surface area contributed by atoms with Crippen LogP contribution in [0.3, 0.4) is 0 Å². The van der Waals surface area contributed by atoms with Crippen molar-refractivity contribution < 1.29 is 5.11 Å². The normalized spacial score (nSPS) is 14.9. The van der Waals surface area contributed by atoms with E-state index in [9.17, 15) is 5.11 Å². The van der Waals surface area contributed by atoms with Crippen LogP contribution in [0.4, 0.5) is 0 Å². The van der Waals surface area contributed by atoms with Crippen molar-refractivity contribution in [2.75, 3.05) is 18.3 Å². The molecular formula is C15H34OS. The zero-order valence-electron chi connectivity index (χ0n) is 12.5. The molecule has 0 saturated carbocycles. The van der Waals surface area contributed by atoms with E-state index in [0.29, 0.717) is 0 Å². The van der Waals surface area contributed by atoms with Crippen LogP contribution < -0.4 is 0 Å². The largest absolute Gasteiger partial charge is 0.384 e. The minimum Gasteiger partial charge on any atom is -0.384 e. The second-order valence-electron chi connectivity index (χ2n) is 5.67. The number of unbranched alkanes of at least 4 members (excludes halogenated alkanes) is 7. The van der Waals surface area contributed by atoms with Gasteiger partial charge in [0.05, 0.1) is 5.44 Å². The van der Waals surface area contributed by atoms with Gasteiger partial charge >= 0.3 is 0 Å². The Labute approximate surface area is 111 Å². The predicted octanol–water partition coefficient (Wildman–Crippen LogP) is 4.92. The average molecular weight is 263 g/mol. The quantitative estimate of drug-likeness (QED) is 0.524. The van der Waals surface area contributed by atoms with Crippen LogP contribution in [0, 0.1) is 0 Å². The summed E-state index contributed by atoms with van der Waals surface area (Å²) in [6.07, 6.45) is 16.5. The van der Waals surface area contributed by atoms with E-state index in [1.165, 1.54) is 57.1 Å². The van der Waals surface area contributed by atoms with Crippen LogP contribution in [0.1, 0.15) is 71.6 Å². The number of aliphatic hydroxyl groups excluding tert-OH is 1. The van der Waals surface area contributed by atoms with Gasteiger partial charge in [0, 0.05) is 0 Å². The molecule has 0 aliphatic heterocycles. The van der Waals surface area contributed by atoms with Gasteiger partial charge in [0.1, 0.15) is 0 Å². The predicted molar refractivity (Wildman–Crippen MR) is 83.2 cm³/mol. The molecule has 0 spiro atoms. The van der Waals surface area contributed by atoms with Crippen molar-refractivity contribution in [2.24, 2.45) is 0 Å². The first-order valence-electron chi connectivity index (χ1n) is 7.42. The van der Waals surface area contributed by atoms with Gasteiger partial charge < -0.3 is 5.11 Å². The molecule has 0 aliphatic carbocycles. The summed E-state index contributed by atoms with van der Waals surface area (Å²) < 4.78 is 0. The Hall–Kier alpha value is 0.310. The highest BCUT2D eigenvalue weighted by Gasteiger charge is 2.19. The van der Waals surface area contributed by atoms with E-state index < -0.39 is 10.0 Å². The first-order valence-corrected chi connectivity index (χ1v) is 10.1. The standard InChI is InChI=1S/C15H34OS/c1-5-7-8-9-10-11-12-13-14-17(3,4)15(16)6-2/h15-16H,5-14H2,1-4H3. The van der Waals surface area contributed by atoms with Crippen molar-refractivity contribution in [3.8, 4) is 0 Å². The summed E-state index contributed by atoms with van der Waals surface area (Å²) in [7, 11) is -0.756. The molecule has 0 amide bonds. The first-order chi connectivity index (χ1) is 8.04. The van der Waals surface area contributed by atoms with Crippen LogP contribution in [0.15, 0.2) is 0 Å². The molecule has 17 heavy (non-hydrogen) atoms. The SMILES string of the molecule is CCCCCCCCCCS(C)(C)C(O)CC. The van der Waals surface area contributed by atoms with E-state index in [2.05, 4.69) is 26.4 Å². The maximum atomic E-state index is 9.92. The van der Waals surface area contributed by atoms with Crippen molar-refractivity contribution >= 4 is 10.0 Å². The molecule has 0 aromatic heterocycles. The third-order valence-corrected chi connectivity index (χ3v) is 6.76. The Bertz CT molecular complexity index is 168. The summed E-state index contributed by atoms with van der Waals surface area (Å²) in [6, 6.07) is 0. The maximum absolute atomic E-state index is 9.92. The molecular weight excluding hydrogens is 228 g/mol. The van der Waals surface area contributed by atoms with E-state index in [1.54, 1.807) is 0 Å². The van der Waals surface area contributed by atoms with E-state index in [1.807, 2.05) is 0 Å². The molecule has 1 nitrogen and oxygen atoms in total. The molecule has 0 aromatic carbocycles. The Kier molecular flexibility index (Phi) is 10.4. The van der Waals surface area contributed by atoms with Crippen LogP contribution in [-0.2, 0) is 0 Å². The van der Waals surface area contributed by atoms with Gasteiger partial charge in [-0.05, 0) is 31.1 Å². The highest BCUT2D eigenvalue weighted by molar-refractivity contribution is 8.33. The molecule has 0 heterocycles. The van der Waals surface area contributed by atoms with Crippen molar-refractivity contribution in [1.29, 1.82) is 0 Å². The monoisotopic (exact) mass is 262 g/mol. The molecule has 0 fully saturated rings. The summed E-state index contributed by atoms with van der Waals surface area (Å²) in [5.41, 5.74) is -0.0490. The van der Waals surface area contributed by atoms with Crippen molar-refractivity contribution in [2.45, 2.75) is 77.1 Å². The number of rotatable bonds is 11. The highest BCUT2D eigenvalue weighted by atomic mass is 32.3. The topological polar surface area (TPSA) is 20.2 Å². The lowest BCUT2D eigenvalue weighted by Gasteiger charge is -2.36. The zero-order chi connectivity index (χ0) is 13.1. The van der Waals surface area contributed by atoms with Gasteiger partial charge in [-0.2, -0.15) is 0 Å². The molecule has 0 rings (SSSR count). The third-order valence-electron chi connectivity index (χ3n) is 3.61. The summed E-state index contributed by atoms with van der Waals surface area (Å²) in [5, 5.41) is 9.92. The Morgan fingerprint density at radius 2 is 1.29 bits per heavy atom. The van der Waals surface area contributed by atoms with Gasteiger partial charge in [0.25, 0.3) is 0 Å². The number of aliphatic hydroxyl groups is 1. The van der Waals surface area contributed by atoms with Crippen LogP contribution in [0.2, 0.25) is 0 Å². The fraction of sp³-hybridized carbons (Fsp3) is 1.00. The van der Waals surface area contributed by atoms with Gasteiger partial charge in [0.15, 0.2) is 0 Å². The molecule has 1 N–H and O–H groups in total. The Balaban J connectivity index is 3.38. The van der Waals surface area contributed by atoms with Crippen molar-refractivity contribution in [3.63, 3.8) is 0 Å². The molecule has 1 atom stereocenters. The average Bonchev–Trinajstić information content (AvgIpc) is 2.31. The molecule has 106 valence electrons. The van der Waals surface area contributed by atoms with Gasteiger partial charge in [-0.3, -0.25) is 0 Å². The van der Waals surface area contributed by atoms with E-state index in [4.69, 9.17) is 0 Å². The molecule has 0 radical (unpaired) electrons. The smallest absolute Gasteiger partial charge is 0.0836 e. The second-order valence-corrected chi connectivity index (χ2v) is 9.87. The fourth-order valence-electron chi connectivity index (χ4n) is 2.20. The highest BCUT2D eigenvalue weighted by Crippen LogP contribution is 2.46. The molecule has 0 aliphatic rings. The van der Waals surface area contributed by atoms with Crippen LogP contribution in [0.5, 0.6) is 0 Å². The van der Waals surface area contributed by atoms with E-state index in [-0.39, 0.29) is 5.44 Å². The molecule has 0 bridgehead atoms. The second kappa shape index (κ2) is 10.3. The van der Waals surface area contributed by atoms with E-state index >= 15 is 0 Å². The number of hydrogen-bond acceptors (Lipinski definition) is 1. The van der Waals surface area contributed by atoms with Crippen molar-refractivity contribution in [1.82, 2.24) is 0 Å².